The zero-order chi connectivity index (χ0) is 8.43. The maximum atomic E-state index is 7.42. The van der Waals surface area contributed by atoms with Gasteiger partial charge in [-0.3, -0.25) is 10.8 Å². The molecule has 2 N–H and O–H groups in total. The second-order valence-corrected chi connectivity index (χ2v) is 2.32. The lowest BCUT2D eigenvalue weighted by atomic mass is 10.0. The van der Waals surface area contributed by atoms with Crippen molar-refractivity contribution in [1.82, 2.24) is 0 Å². The monoisotopic (exact) mass is 150 g/mol. The first-order valence-electron chi connectivity index (χ1n) is 3.27. The molecule has 1 aliphatic carbocycles. The highest BCUT2D eigenvalue weighted by atomic mass is 16.5. The molecule has 0 aromatic carbocycles. The molecule has 0 saturated carbocycles. The largest absolute Gasteiger partial charge is 0.496 e. The summed E-state index contributed by atoms with van der Waals surface area (Å²) in [5.41, 5.74) is 1.20. The van der Waals surface area contributed by atoms with E-state index in [1.807, 2.05) is 0 Å². The summed E-state index contributed by atoms with van der Waals surface area (Å²) in [6.45, 7) is 1.78. The quantitative estimate of drug-likeness (QED) is 0.547. The molecule has 0 aromatic rings. The number of nitrogens with one attached hydrogen (secondary N) is 2. The van der Waals surface area contributed by atoms with Gasteiger partial charge in [0, 0.05) is 5.57 Å². The van der Waals surface area contributed by atoms with Crippen LogP contribution in [-0.2, 0) is 4.74 Å². The summed E-state index contributed by atoms with van der Waals surface area (Å²) in [5, 5.41) is 14.7. The predicted octanol–water partition coefficient (Wildman–Crippen LogP) is 1.52. The molecule has 0 radical (unpaired) electrons. The summed E-state index contributed by atoms with van der Waals surface area (Å²) in [6.07, 6.45) is 3.27. The molecular weight excluding hydrogens is 140 g/mol. The topological polar surface area (TPSA) is 56.9 Å². The van der Waals surface area contributed by atoms with Crippen molar-refractivity contribution in [3.63, 3.8) is 0 Å². The molecule has 58 valence electrons. The zero-order valence-corrected chi connectivity index (χ0v) is 6.56. The number of methoxy groups -OCH3 is 1. The van der Waals surface area contributed by atoms with E-state index in [4.69, 9.17) is 15.6 Å². The van der Waals surface area contributed by atoms with Crippen LogP contribution < -0.4 is 0 Å². The highest BCUT2D eigenvalue weighted by Gasteiger charge is 2.13. The van der Waals surface area contributed by atoms with Gasteiger partial charge in [0.1, 0.15) is 5.76 Å². The van der Waals surface area contributed by atoms with Crippen molar-refractivity contribution in [1.29, 1.82) is 10.8 Å². The molecule has 0 aliphatic heterocycles. The normalized spacial score (nSPS) is 17.6. The van der Waals surface area contributed by atoms with E-state index in [0.717, 1.165) is 5.57 Å². The first-order chi connectivity index (χ1) is 5.16. The number of hydrogen-bond acceptors (Lipinski definition) is 3. The molecule has 0 unspecified atom stereocenters. The van der Waals surface area contributed by atoms with Gasteiger partial charge >= 0.3 is 0 Å². The minimum absolute atomic E-state index is 0.239. The summed E-state index contributed by atoms with van der Waals surface area (Å²) in [7, 11) is 1.56. The Bertz CT molecular complexity index is 274. The molecule has 11 heavy (non-hydrogen) atoms. The molecule has 0 heterocycles. The molecule has 0 bridgehead atoms. The fourth-order valence-corrected chi connectivity index (χ4v) is 0.914. The van der Waals surface area contributed by atoms with Gasteiger partial charge in [0.05, 0.1) is 18.5 Å². The Kier molecular flexibility index (Phi) is 1.89. The molecule has 0 amide bonds. The maximum absolute atomic E-state index is 7.42. The second-order valence-electron chi connectivity index (χ2n) is 2.32. The van der Waals surface area contributed by atoms with Gasteiger partial charge < -0.3 is 4.74 Å². The van der Waals surface area contributed by atoms with Crippen molar-refractivity contribution in [2.24, 2.45) is 0 Å². The lowest BCUT2D eigenvalue weighted by Crippen LogP contribution is -2.16. The van der Waals surface area contributed by atoms with Crippen molar-refractivity contribution < 1.29 is 4.74 Å². The van der Waals surface area contributed by atoms with Crippen molar-refractivity contribution >= 4 is 11.4 Å². The Hall–Kier alpha value is -1.38. The van der Waals surface area contributed by atoms with Gasteiger partial charge in [-0.05, 0) is 19.1 Å². The fraction of sp³-hybridized carbons (Fsp3) is 0.250. The molecule has 1 rings (SSSR count). The summed E-state index contributed by atoms with van der Waals surface area (Å²) < 4.78 is 4.98. The lowest BCUT2D eigenvalue weighted by Gasteiger charge is -2.12. The van der Waals surface area contributed by atoms with Crippen LogP contribution in [0.25, 0.3) is 0 Å². The number of hydrogen-bond donors (Lipinski definition) is 2. The summed E-state index contributed by atoms with van der Waals surface area (Å²) in [5.74, 6) is 0.672. The van der Waals surface area contributed by atoms with Gasteiger partial charge in [-0.25, -0.2) is 0 Å². The average Bonchev–Trinajstić information content (AvgIpc) is 2.01. The number of allylic oxidation sites excluding steroid dienone is 3. The highest BCUT2D eigenvalue weighted by Crippen LogP contribution is 2.13. The Morgan fingerprint density at radius 1 is 1.27 bits per heavy atom. The minimum atomic E-state index is 0.239. The van der Waals surface area contributed by atoms with E-state index in [1.54, 1.807) is 26.2 Å². The first kappa shape index (κ1) is 7.72. The summed E-state index contributed by atoms with van der Waals surface area (Å²) in [4.78, 5) is 0. The fourth-order valence-electron chi connectivity index (χ4n) is 0.914. The van der Waals surface area contributed by atoms with Gasteiger partial charge in [0.15, 0.2) is 0 Å². The van der Waals surface area contributed by atoms with E-state index >= 15 is 0 Å². The van der Waals surface area contributed by atoms with Crippen LogP contribution in [0.15, 0.2) is 23.5 Å². The van der Waals surface area contributed by atoms with Crippen LogP contribution >= 0.6 is 0 Å². The maximum Gasteiger partial charge on any atom is 0.124 e. The Morgan fingerprint density at radius 2 is 1.91 bits per heavy atom. The van der Waals surface area contributed by atoms with E-state index in [2.05, 4.69) is 0 Å². The van der Waals surface area contributed by atoms with E-state index in [-0.39, 0.29) is 11.4 Å². The number of ether oxygens (including phenoxy) is 1. The molecule has 3 nitrogen and oxygen atoms in total. The summed E-state index contributed by atoms with van der Waals surface area (Å²) >= 11 is 0. The van der Waals surface area contributed by atoms with E-state index in [1.165, 1.54) is 0 Å². The van der Waals surface area contributed by atoms with Gasteiger partial charge in [0.25, 0.3) is 0 Å². The third kappa shape index (κ3) is 1.22. The van der Waals surface area contributed by atoms with Crippen LogP contribution in [-0.4, -0.2) is 18.5 Å². The van der Waals surface area contributed by atoms with Crippen molar-refractivity contribution in [2.45, 2.75) is 6.92 Å². The molecule has 0 atom stereocenters. The molecule has 0 spiro atoms. The third-order valence-electron chi connectivity index (χ3n) is 1.64. The Labute approximate surface area is 65.4 Å². The van der Waals surface area contributed by atoms with E-state index in [0.29, 0.717) is 5.76 Å². The standard InChI is InChI=1S/C8H10N2O/c1-5-7(11-2)4-3-6(9)8(5)10/h3-4,9-10H,1-2H3. The van der Waals surface area contributed by atoms with Crippen LogP contribution in [0, 0.1) is 10.8 Å². The highest BCUT2D eigenvalue weighted by molar-refractivity contribution is 6.50. The van der Waals surface area contributed by atoms with Gasteiger partial charge in [0.2, 0.25) is 0 Å². The van der Waals surface area contributed by atoms with Crippen molar-refractivity contribution in [3.8, 4) is 0 Å². The minimum Gasteiger partial charge on any atom is -0.496 e. The second kappa shape index (κ2) is 2.70. The van der Waals surface area contributed by atoms with E-state index in [9.17, 15) is 0 Å². The number of rotatable bonds is 1. The van der Waals surface area contributed by atoms with Gasteiger partial charge in [-0.1, -0.05) is 0 Å². The van der Waals surface area contributed by atoms with Crippen molar-refractivity contribution in [2.75, 3.05) is 7.11 Å². The molecular formula is C8H10N2O. The Morgan fingerprint density at radius 3 is 2.45 bits per heavy atom. The Balaban J connectivity index is 3.06. The smallest absolute Gasteiger partial charge is 0.124 e. The van der Waals surface area contributed by atoms with Crippen LogP contribution in [0.3, 0.4) is 0 Å². The third-order valence-corrected chi connectivity index (χ3v) is 1.64. The molecule has 1 aliphatic rings. The molecule has 3 heteroatoms. The zero-order valence-electron chi connectivity index (χ0n) is 6.56. The average molecular weight is 150 g/mol. The predicted molar refractivity (Wildman–Crippen MR) is 44.3 cm³/mol. The molecule has 0 saturated heterocycles. The van der Waals surface area contributed by atoms with Gasteiger partial charge in [-0.15, -0.1) is 0 Å². The van der Waals surface area contributed by atoms with Crippen LogP contribution in [0.2, 0.25) is 0 Å². The molecule has 0 aromatic heterocycles. The SMILES string of the molecule is COC1=C(C)C(=N)C(=N)C=C1. The van der Waals surface area contributed by atoms with E-state index < -0.39 is 0 Å². The van der Waals surface area contributed by atoms with Crippen LogP contribution in [0.5, 0.6) is 0 Å². The van der Waals surface area contributed by atoms with Crippen molar-refractivity contribution in [3.05, 3.63) is 23.5 Å². The van der Waals surface area contributed by atoms with Crippen LogP contribution in [0.4, 0.5) is 0 Å². The van der Waals surface area contributed by atoms with Crippen LogP contribution in [0.1, 0.15) is 6.92 Å². The molecule has 0 fully saturated rings. The summed E-state index contributed by atoms with van der Waals surface area (Å²) in [6, 6.07) is 0. The van der Waals surface area contributed by atoms with Gasteiger partial charge in [-0.2, -0.15) is 0 Å². The lowest BCUT2D eigenvalue weighted by molar-refractivity contribution is 0.304. The first-order valence-corrected chi connectivity index (χ1v) is 3.27.